The minimum absolute atomic E-state index is 0.407. The molecule has 0 saturated carbocycles. The van der Waals surface area contributed by atoms with Crippen molar-refractivity contribution in [3.8, 4) is 0 Å². The molecule has 5 heteroatoms. The van der Waals surface area contributed by atoms with Crippen LogP contribution < -0.4 is 0 Å². The van der Waals surface area contributed by atoms with Gasteiger partial charge in [0.1, 0.15) is 11.5 Å². The molecule has 0 saturated heterocycles. The van der Waals surface area contributed by atoms with Crippen LogP contribution in [0.5, 0.6) is 0 Å². The molecule has 2 aromatic heterocycles. The van der Waals surface area contributed by atoms with Gasteiger partial charge in [0.2, 0.25) is 0 Å². The lowest BCUT2D eigenvalue weighted by atomic mass is 10.4. The van der Waals surface area contributed by atoms with E-state index in [0.29, 0.717) is 10.8 Å². The standard InChI is InChI=1S/C6H3ClN4/c7-5-4-1-2-10-11-6(4)9-3-8-5/h1-3H. The van der Waals surface area contributed by atoms with Crippen LogP contribution in [0.3, 0.4) is 0 Å². The number of rotatable bonds is 0. The Morgan fingerprint density at radius 2 is 2.18 bits per heavy atom. The summed E-state index contributed by atoms with van der Waals surface area (Å²) < 4.78 is 0. The summed E-state index contributed by atoms with van der Waals surface area (Å²) in [7, 11) is 0. The van der Waals surface area contributed by atoms with Gasteiger partial charge in [-0.15, -0.1) is 5.10 Å². The molecule has 0 fully saturated rings. The average molecular weight is 167 g/mol. The molecule has 0 aliphatic carbocycles. The lowest BCUT2D eigenvalue weighted by Crippen LogP contribution is -1.88. The predicted molar refractivity (Wildman–Crippen MR) is 40.1 cm³/mol. The van der Waals surface area contributed by atoms with Crippen LogP contribution >= 0.6 is 11.6 Å². The van der Waals surface area contributed by atoms with Gasteiger partial charge in [0.25, 0.3) is 0 Å². The highest BCUT2D eigenvalue weighted by Gasteiger charge is 1.99. The zero-order valence-corrected chi connectivity index (χ0v) is 6.15. The predicted octanol–water partition coefficient (Wildman–Crippen LogP) is 1.07. The first-order chi connectivity index (χ1) is 5.38. The molecule has 0 aliphatic rings. The molecule has 0 amide bonds. The molecule has 2 heterocycles. The Labute approximate surface area is 67.3 Å². The van der Waals surface area contributed by atoms with Gasteiger partial charge in [-0.3, -0.25) is 0 Å². The van der Waals surface area contributed by atoms with Gasteiger partial charge in [-0.25, -0.2) is 9.97 Å². The summed E-state index contributed by atoms with van der Waals surface area (Å²) in [6.45, 7) is 0. The van der Waals surface area contributed by atoms with Gasteiger partial charge in [-0.05, 0) is 6.07 Å². The van der Waals surface area contributed by atoms with E-state index in [1.165, 1.54) is 6.33 Å². The van der Waals surface area contributed by atoms with E-state index in [2.05, 4.69) is 20.2 Å². The van der Waals surface area contributed by atoms with Gasteiger partial charge in [-0.1, -0.05) is 11.6 Å². The van der Waals surface area contributed by atoms with Gasteiger partial charge in [-0.2, -0.15) is 5.10 Å². The molecule has 54 valence electrons. The van der Waals surface area contributed by atoms with Gasteiger partial charge in [0.05, 0.1) is 11.6 Å². The zero-order valence-electron chi connectivity index (χ0n) is 5.40. The molecular weight excluding hydrogens is 164 g/mol. The van der Waals surface area contributed by atoms with Crippen molar-refractivity contribution in [1.29, 1.82) is 0 Å². The molecule has 2 aromatic rings. The van der Waals surface area contributed by atoms with Crippen LogP contribution in [0.25, 0.3) is 11.0 Å². The first-order valence-electron chi connectivity index (χ1n) is 2.96. The number of hydrogen-bond acceptors (Lipinski definition) is 4. The van der Waals surface area contributed by atoms with Crippen LogP contribution in [0.15, 0.2) is 18.6 Å². The molecule has 0 radical (unpaired) electrons. The van der Waals surface area contributed by atoms with E-state index in [4.69, 9.17) is 11.6 Å². The van der Waals surface area contributed by atoms with Crippen LogP contribution in [-0.4, -0.2) is 20.2 Å². The second-order valence-corrected chi connectivity index (χ2v) is 2.29. The number of aromatic nitrogens is 4. The third-order valence-electron chi connectivity index (χ3n) is 1.27. The molecule has 2 rings (SSSR count). The Kier molecular flexibility index (Phi) is 1.40. The molecule has 11 heavy (non-hydrogen) atoms. The number of hydrogen-bond donors (Lipinski definition) is 0. The summed E-state index contributed by atoms with van der Waals surface area (Å²) in [5.41, 5.74) is 0.521. The summed E-state index contributed by atoms with van der Waals surface area (Å²) >= 11 is 5.74. The molecule has 0 atom stereocenters. The van der Waals surface area contributed by atoms with Crippen LogP contribution in [0.2, 0.25) is 5.15 Å². The fraction of sp³-hybridized carbons (Fsp3) is 0. The highest BCUT2D eigenvalue weighted by atomic mass is 35.5. The minimum atomic E-state index is 0.407. The van der Waals surface area contributed by atoms with Gasteiger partial charge < -0.3 is 0 Å². The van der Waals surface area contributed by atoms with E-state index in [0.717, 1.165) is 5.39 Å². The Morgan fingerprint density at radius 3 is 3.00 bits per heavy atom. The number of fused-ring (bicyclic) bond motifs is 1. The van der Waals surface area contributed by atoms with Crippen molar-refractivity contribution in [3.05, 3.63) is 23.7 Å². The minimum Gasteiger partial charge on any atom is -0.224 e. The molecule has 0 bridgehead atoms. The molecular formula is C6H3ClN4. The van der Waals surface area contributed by atoms with Crippen molar-refractivity contribution in [1.82, 2.24) is 20.2 Å². The molecule has 4 nitrogen and oxygen atoms in total. The lowest BCUT2D eigenvalue weighted by Gasteiger charge is -1.93. The van der Waals surface area contributed by atoms with E-state index >= 15 is 0 Å². The average Bonchev–Trinajstić information content (AvgIpc) is 2.06. The maximum atomic E-state index is 5.74. The maximum Gasteiger partial charge on any atom is 0.186 e. The van der Waals surface area contributed by atoms with Crippen molar-refractivity contribution in [2.45, 2.75) is 0 Å². The van der Waals surface area contributed by atoms with Crippen molar-refractivity contribution >= 4 is 22.6 Å². The summed E-state index contributed by atoms with van der Waals surface area (Å²) in [6, 6.07) is 1.73. The third-order valence-corrected chi connectivity index (χ3v) is 1.58. The highest BCUT2D eigenvalue weighted by molar-refractivity contribution is 6.33. The Morgan fingerprint density at radius 1 is 1.27 bits per heavy atom. The van der Waals surface area contributed by atoms with Crippen molar-refractivity contribution in [3.63, 3.8) is 0 Å². The first-order valence-corrected chi connectivity index (χ1v) is 3.33. The van der Waals surface area contributed by atoms with Crippen LogP contribution in [0, 0.1) is 0 Å². The van der Waals surface area contributed by atoms with Crippen molar-refractivity contribution in [2.75, 3.05) is 0 Å². The smallest absolute Gasteiger partial charge is 0.186 e. The zero-order chi connectivity index (χ0) is 7.68. The monoisotopic (exact) mass is 166 g/mol. The summed E-state index contributed by atoms with van der Waals surface area (Å²) in [4.78, 5) is 7.67. The largest absolute Gasteiger partial charge is 0.224 e. The molecule has 0 aromatic carbocycles. The Hall–Kier alpha value is -1.29. The van der Waals surface area contributed by atoms with Gasteiger partial charge in [0, 0.05) is 0 Å². The SMILES string of the molecule is Clc1ncnc2nnccc12. The molecule has 0 spiro atoms. The van der Waals surface area contributed by atoms with Crippen molar-refractivity contribution < 1.29 is 0 Å². The van der Waals surface area contributed by atoms with E-state index in [9.17, 15) is 0 Å². The van der Waals surface area contributed by atoms with Gasteiger partial charge in [0.15, 0.2) is 5.65 Å². The Bertz CT molecular complexity index is 384. The second kappa shape index (κ2) is 2.39. The lowest BCUT2D eigenvalue weighted by molar-refractivity contribution is 1.04. The van der Waals surface area contributed by atoms with Crippen LogP contribution in [-0.2, 0) is 0 Å². The van der Waals surface area contributed by atoms with Crippen molar-refractivity contribution in [2.24, 2.45) is 0 Å². The topological polar surface area (TPSA) is 51.6 Å². The number of nitrogens with zero attached hydrogens (tertiary/aromatic N) is 4. The first kappa shape index (κ1) is 6.42. The highest BCUT2D eigenvalue weighted by Crippen LogP contribution is 2.14. The molecule has 0 aliphatic heterocycles. The third kappa shape index (κ3) is 1.01. The summed E-state index contributed by atoms with van der Waals surface area (Å²) in [6.07, 6.45) is 2.91. The van der Waals surface area contributed by atoms with Crippen LogP contribution in [0.1, 0.15) is 0 Å². The fourth-order valence-electron chi connectivity index (χ4n) is 0.784. The molecule has 0 N–H and O–H groups in total. The summed E-state index contributed by atoms with van der Waals surface area (Å²) in [5.74, 6) is 0. The second-order valence-electron chi connectivity index (χ2n) is 1.93. The quantitative estimate of drug-likeness (QED) is 0.550. The van der Waals surface area contributed by atoms with Crippen LogP contribution in [0.4, 0.5) is 0 Å². The normalized spacial score (nSPS) is 10.3. The summed E-state index contributed by atoms with van der Waals surface area (Å²) in [5, 5.41) is 8.54. The van der Waals surface area contributed by atoms with Gasteiger partial charge >= 0.3 is 0 Å². The van der Waals surface area contributed by atoms with E-state index in [1.54, 1.807) is 12.3 Å². The van der Waals surface area contributed by atoms with E-state index < -0.39 is 0 Å². The molecule has 0 unspecified atom stereocenters. The number of halogens is 1. The van der Waals surface area contributed by atoms with E-state index in [1.807, 2.05) is 0 Å². The Balaban J connectivity index is 2.91. The maximum absolute atomic E-state index is 5.74. The van der Waals surface area contributed by atoms with E-state index in [-0.39, 0.29) is 0 Å². The fourth-order valence-corrected chi connectivity index (χ4v) is 0.976.